The minimum absolute atomic E-state index is 0.140. The molecule has 4 rings (SSSR count). The minimum Gasteiger partial charge on any atom is -0.348 e. The van der Waals surface area contributed by atoms with Crippen molar-refractivity contribution >= 4 is 17.8 Å². The number of benzene rings is 1. The third-order valence-electron chi connectivity index (χ3n) is 5.09. The summed E-state index contributed by atoms with van der Waals surface area (Å²) >= 11 is 0. The van der Waals surface area contributed by atoms with Gasteiger partial charge in [-0.05, 0) is 30.9 Å². The van der Waals surface area contributed by atoms with Crippen LogP contribution in [0.1, 0.15) is 52.8 Å². The van der Waals surface area contributed by atoms with Gasteiger partial charge in [-0.2, -0.15) is 0 Å². The van der Waals surface area contributed by atoms with Crippen LogP contribution in [0.2, 0.25) is 0 Å². The van der Waals surface area contributed by atoms with Gasteiger partial charge in [-0.15, -0.1) is 0 Å². The van der Waals surface area contributed by atoms with Crippen molar-refractivity contribution in [2.24, 2.45) is 5.92 Å². The summed E-state index contributed by atoms with van der Waals surface area (Å²) in [5.74, 6) is -2.08. The molecule has 0 aromatic heterocycles. The van der Waals surface area contributed by atoms with Gasteiger partial charge in [0.15, 0.2) is 5.79 Å². The maximum absolute atomic E-state index is 12.2. The molecule has 0 unspecified atom stereocenters. The van der Waals surface area contributed by atoms with Gasteiger partial charge < -0.3 is 14.3 Å². The predicted molar refractivity (Wildman–Crippen MR) is 84.2 cm³/mol. The average molecular weight is 345 g/mol. The second kappa shape index (κ2) is 6.24. The summed E-state index contributed by atoms with van der Waals surface area (Å²) in [5.41, 5.74) is 0.519. The van der Waals surface area contributed by atoms with Crippen LogP contribution in [-0.4, -0.2) is 41.8 Å². The van der Waals surface area contributed by atoms with Crippen molar-refractivity contribution in [3.8, 4) is 0 Å². The molecule has 25 heavy (non-hydrogen) atoms. The van der Waals surface area contributed by atoms with Crippen LogP contribution in [0.3, 0.4) is 0 Å². The summed E-state index contributed by atoms with van der Waals surface area (Å²) in [6.45, 7) is 1.24. The zero-order valence-corrected chi connectivity index (χ0v) is 13.7. The number of hydroxylamine groups is 2. The van der Waals surface area contributed by atoms with E-state index in [9.17, 15) is 14.4 Å². The van der Waals surface area contributed by atoms with E-state index in [1.54, 1.807) is 24.3 Å². The number of carbonyl (C=O) groups is 3. The van der Waals surface area contributed by atoms with E-state index in [1.807, 2.05) is 0 Å². The van der Waals surface area contributed by atoms with Gasteiger partial charge in [0.1, 0.15) is 0 Å². The van der Waals surface area contributed by atoms with E-state index in [2.05, 4.69) is 0 Å². The van der Waals surface area contributed by atoms with Gasteiger partial charge in [-0.1, -0.05) is 17.2 Å². The van der Waals surface area contributed by atoms with E-state index in [0.717, 1.165) is 25.7 Å². The first-order valence-electron chi connectivity index (χ1n) is 8.54. The fourth-order valence-electron chi connectivity index (χ4n) is 3.73. The summed E-state index contributed by atoms with van der Waals surface area (Å²) in [7, 11) is 0. The molecule has 1 aliphatic carbocycles. The predicted octanol–water partition coefficient (Wildman–Crippen LogP) is 2.06. The molecule has 7 nitrogen and oxygen atoms in total. The SMILES string of the molecule is O=C(CC1CCC2(CC1)OCCO2)ON1C(=O)c2ccccc2C1=O. The Hall–Kier alpha value is -2.25. The number of ether oxygens (including phenoxy) is 2. The van der Waals surface area contributed by atoms with Crippen LogP contribution in [0, 0.1) is 5.92 Å². The summed E-state index contributed by atoms with van der Waals surface area (Å²) in [6.07, 6.45) is 3.24. The summed E-state index contributed by atoms with van der Waals surface area (Å²) in [4.78, 5) is 41.7. The molecule has 2 aliphatic heterocycles. The molecule has 1 aromatic carbocycles. The van der Waals surface area contributed by atoms with Crippen LogP contribution >= 0.6 is 0 Å². The molecule has 2 amide bonds. The molecule has 3 aliphatic rings. The lowest BCUT2D eigenvalue weighted by Gasteiger charge is -2.35. The fraction of sp³-hybridized carbons (Fsp3) is 0.500. The molecule has 0 N–H and O–H groups in total. The van der Waals surface area contributed by atoms with Gasteiger partial charge in [0, 0.05) is 12.8 Å². The second-order valence-electron chi connectivity index (χ2n) is 6.67. The highest BCUT2D eigenvalue weighted by Gasteiger charge is 2.42. The standard InChI is InChI=1S/C18H19NO6/c20-15(11-12-5-7-18(8-6-12)23-9-10-24-18)25-19-16(21)13-3-1-2-4-14(13)17(19)22/h1-4,12H,5-11H2. The second-order valence-corrected chi connectivity index (χ2v) is 6.67. The molecule has 2 fully saturated rings. The van der Waals surface area contributed by atoms with Crippen molar-refractivity contribution in [2.45, 2.75) is 37.9 Å². The third kappa shape index (κ3) is 2.94. The summed E-state index contributed by atoms with van der Waals surface area (Å²) in [5, 5.41) is 0.570. The largest absolute Gasteiger partial charge is 0.348 e. The molecule has 0 bridgehead atoms. The molecule has 7 heteroatoms. The van der Waals surface area contributed by atoms with Crippen LogP contribution in [0.15, 0.2) is 24.3 Å². The van der Waals surface area contributed by atoms with Crippen LogP contribution in [0.4, 0.5) is 0 Å². The summed E-state index contributed by atoms with van der Waals surface area (Å²) < 4.78 is 11.3. The summed E-state index contributed by atoms with van der Waals surface area (Å²) in [6, 6.07) is 6.43. The number of hydrogen-bond donors (Lipinski definition) is 0. The van der Waals surface area contributed by atoms with Crippen LogP contribution in [0.25, 0.3) is 0 Å². The van der Waals surface area contributed by atoms with Gasteiger partial charge in [-0.25, -0.2) is 4.79 Å². The van der Waals surface area contributed by atoms with Crippen molar-refractivity contribution in [3.63, 3.8) is 0 Å². The number of hydrogen-bond acceptors (Lipinski definition) is 6. The van der Waals surface area contributed by atoms with Crippen LogP contribution in [-0.2, 0) is 19.1 Å². The highest BCUT2D eigenvalue weighted by atomic mass is 16.7. The quantitative estimate of drug-likeness (QED) is 0.780. The third-order valence-corrected chi connectivity index (χ3v) is 5.09. The van der Waals surface area contributed by atoms with Gasteiger partial charge in [-0.3, -0.25) is 9.59 Å². The monoisotopic (exact) mass is 345 g/mol. The molecule has 132 valence electrons. The van der Waals surface area contributed by atoms with E-state index in [0.29, 0.717) is 18.3 Å². The van der Waals surface area contributed by atoms with E-state index < -0.39 is 23.6 Å². The number of imide groups is 1. The first-order chi connectivity index (χ1) is 12.1. The Kier molecular flexibility index (Phi) is 4.05. The fourth-order valence-corrected chi connectivity index (χ4v) is 3.73. The number of fused-ring (bicyclic) bond motifs is 1. The Labute approximate surface area is 144 Å². The van der Waals surface area contributed by atoms with Crippen LogP contribution in [0.5, 0.6) is 0 Å². The van der Waals surface area contributed by atoms with Gasteiger partial charge in [0.05, 0.1) is 30.8 Å². The molecular formula is C18H19NO6. The Bertz CT molecular complexity index is 679. The lowest BCUT2D eigenvalue weighted by molar-refractivity contribution is -0.187. The normalized spacial score (nSPS) is 22.5. The molecule has 1 saturated carbocycles. The highest BCUT2D eigenvalue weighted by molar-refractivity contribution is 6.20. The van der Waals surface area contributed by atoms with E-state index >= 15 is 0 Å². The van der Waals surface area contributed by atoms with E-state index in [4.69, 9.17) is 14.3 Å². The number of nitrogens with zero attached hydrogens (tertiary/aromatic N) is 1. The first-order valence-corrected chi connectivity index (χ1v) is 8.54. The maximum atomic E-state index is 12.2. The van der Waals surface area contributed by atoms with Crippen LogP contribution < -0.4 is 0 Å². The number of amides is 2. The average Bonchev–Trinajstić information content (AvgIpc) is 3.17. The van der Waals surface area contributed by atoms with Crippen molar-refractivity contribution in [1.82, 2.24) is 5.06 Å². The molecule has 0 radical (unpaired) electrons. The molecule has 1 spiro atoms. The van der Waals surface area contributed by atoms with Crippen molar-refractivity contribution in [1.29, 1.82) is 0 Å². The highest BCUT2D eigenvalue weighted by Crippen LogP contribution is 2.39. The van der Waals surface area contributed by atoms with Gasteiger partial charge in [0.25, 0.3) is 11.8 Å². The topological polar surface area (TPSA) is 82.1 Å². The smallest absolute Gasteiger partial charge is 0.333 e. The number of rotatable bonds is 3. The zero-order chi connectivity index (χ0) is 17.4. The minimum atomic E-state index is -0.593. The first kappa shape index (κ1) is 16.2. The molecule has 2 heterocycles. The lowest BCUT2D eigenvalue weighted by atomic mass is 9.83. The Morgan fingerprint density at radius 3 is 2.20 bits per heavy atom. The maximum Gasteiger partial charge on any atom is 0.333 e. The Morgan fingerprint density at radius 2 is 1.64 bits per heavy atom. The zero-order valence-electron chi connectivity index (χ0n) is 13.7. The molecule has 0 atom stereocenters. The number of carbonyl (C=O) groups excluding carboxylic acids is 3. The molecular weight excluding hydrogens is 326 g/mol. The Morgan fingerprint density at radius 1 is 1.08 bits per heavy atom. The lowest BCUT2D eigenvalue weighted by Crippen LogP contribution is -2.37. The van der Waals surface area contributed by atoms with E-state index in [1.165, 1.54) is 0 Å². The van der Waals surface area contributed by atoms with Gasteiger partial charge in [0.2, 0.25) is 0 Å². The van der Waals surface area contributed by atoms with Crippen molar-refractivity contribution in [3.05, 3.63) is 35.4 Å². The molecule has 1 saturated heterocycles. The molecule has 1 aromatic rings. The Balaban J connectivity index is 1.33. The van der Waals surface area contributed by atoms with Gasteiger partial charge >= 0.3 is 5.97 Å². The van der Waals surface area contributed by atoms with Crippen molar-refractivity contribution < 1.29 is 28.7 Å². The van der Waals surface area contributed by atoms with Crippen molar-refractivity contribution in [2.75, 3.05) is 13.2 Å². The van der Waals surface area contributed by atoms with E-state index in [-0.39, 0.29) is 23.5 Å².